The molecule has 0 aromatic carbocycles. The van der Waals surface area contributed by atoms with Crippen molar-refractivity contribution in [2.45, 2.75) is 60.9 Å². The number of rotatable bonds is 2. The normalized spacial score (nSPS) is 14.9. The SMILES string of the molecule is C[C@@H](CC(C)(C)C)N(C)C(=O)C(C)(C)C. The molecule has 0 radical (unpaired) electrons. The Morgan fingerprint density at radius 1 is 1.13 bits per heavy atom. The average Bonchev–Trinajstić information content (AvgIpc) is 1.96. The van der Waals surface area contributed by atoms with Gasteiger partial charge in [0.1, 0.15) is 0 Å². The van der Waals surface area contributed by atoms with E-state index in [4.69, 9.17) is 0 Å². The highest BCUT2D eigenvalue weighted by Gasteiger charge is 2.29. The van der Waals surface area contributed by atoms with Gasteiger partial charge in [-0.1, -0.05) is 41.5 Å². The Morgan fingerprint density at radius 3 is 1.80 bits per heavy atom. The summed E-state index contributed by atoms with van der Waals surface area (Å²) in [6.07, 6.45) is 1.03. The van der Waals surface area contributed by atoms with Gasteiger partial charge in [0.2, 0.25) is 5.91 Å². The van der Waals surface area contributed by atoms with Gasteiger partial charge in [-0.2, -0.15) is 0 Å². The lowest BCUT2D eigenvalue weighted by molar-refractivity contribution is -0.140. The molecule has 0 rings (SSSR count). The Morgan fingerprint density at radius 2 is 1.53 bits per heavy atom. The first-order valence-electron chi connectivity index (χ1n) is 5.72. The molecule has 0 heterocycles. The predicted molar refractivity (Wildman–Crippen MR) is 65.8 cm³/mol. The van der Waals surface area contributed by atoms with Crippen LogP contribution in [0, 0.1) is 10.8 Å². The fourth-order valence-corrected chi connectivity index (χ4v) is 1.75. The zero-order chi connectivity index (χ0) is 12.4. The Labute approximate surface area is 95.0 Å². The summed E-state index contributed by atoms with van der Waals surface area (Å²) in [4.78, 5) is 13.9. The summed E-state index contributed by atoms with van der Waals surface area (Å²) in [6.45, 7) is 14.6. The van der Waals surface area contributed by atoms with Crippen molar-refractivity contribution in [3.63, 3.8) is 0 Å². The molecule has 1 amide bonds. The monoisotopic (exact) mass is 213 g/mol. The number of nitrogens with zero attached hydrogens (tertiary/aromatic N) is 1. The van der Waals surface area contributed by atoms with Crippen molar-refractivity contribution < 1.29 is 4.79 Å². The Kier molecular flexibility index (Phi) is 4.38. The predicted octanol–water partition coefficient (Wildman–Crippen LogP) is 3.32. The van der Waals surface area contributed by atoms with Gasteiger partial charge in [-0.3, -0.25) is 4.79 Å². The van der Waals surface area contributed by atoms with E-state index in [1.165, 1.54) is 0 Å². The largest absolute Gasteiger partial charge is 0.343 e. The maximum atomic E-state index is 12.0. The van der Waals surface area contributed by atoms with E-state index < -0.39 is 0 Å². The van der Waals surface area contributed by atoms with Crippen LogP contribution >= 0.6 is 0 Å². The molecular formula is C13H27NO. The summed E-state index contributed by atoms with van der Waals surface area (Å²) in [5, 5.41) is 0. The molecule has 90 valence electrons. The Hall–Kier alpha value is -0.530. The smallest absolute Gasteiger partial charge is 0.227 e. The van der Waals surface area contributed by atoms with Crippen molar-refractivity contribution >= 4 is 5.91 Å². The third-order valence-electron chi connectivity index (χ3n) is 2.53. The maximum absolute atomic E-state index is 12.0. The number of carbonyl (C=O) groups is 1. The van der Waals surface area contributed by atoms with E-state index in [9.17, 15) is 4.79 Å². The maximum Gasteiger partial charge on any atom is 0.227 e. The molecule has 2 heteroatoms. The van der Waals surface area contributed by atoms with Crippen LogP contribution in [0.5, 0.6) is 0 Å². The van der Waals surface area contributed by atoms with E-state index in [2.05, 4.69) is 27.7 Å². The standard InChI is InChI=1S/C13H27NO/c1-10(9-12(2,3)4)14(8)11(15)13(5,6)7/h10H,9H2,1-8H3/t10-/m0/s1. The van der Waals surface area contributed by atoms with Crippen LogP contribution in [0.15, 0.2) is 0 Å². The second kappa shape index (κ2) is 4.54. The van der Waals surface area contributed by atoms with E-state index in [0.717, 1.165) is 6.42 Å². The van der Waals surface area contributed by atoms with Crippen molar-refractivity contribution in [1.82, 2.24) is 4.90 Å². The lowest BCUT2D eigenvalue weighted by Gasteiger charge is -2.34. The zero-order valence-corrected chi connectivity index (χ0v) is 11.6. The van der Waals surface area contributed by atoms with Gasteiger partial charge in [-0.25, -0.2) is 0 Å². The van der Waals surface area contributed by atoms with Crippen LogP contribution in [0.25, 0.3) is 0 Å². The van der Waals surface area contributed by atoms with Crippen LogP contribution in [0.1, 0.15) is 54.9 Å². The molecule has 0 aliphatic heterocycles. The molecule has 15 heavy (non-hydrogen) atoms. The topological polar surface area (TPSA) is 20.3 Å². The summed E-state index contributed by atoms with van der Waals surface area (Å²) < 4.78 is 0. The molecule has 0 aromatic heterocycles. The fourth-order valence-electron chi connectivity index (χ4n) is 1.75. The molecule has 0 bridgehead atoms. The molecule has 0 unspecified atom stereocenters. The van der Waals surface area contributed by atoms with Crippen molar-refractivity contribution in [3.05, 3.63) is 0 Å². The van der Waals surface area contributed by atoms with Gasteiger partial charge in [-0.05, 0) is 18.8 Å². The average molecular weight is 213 g/mol. The van der Waals surface area contributed by atoms with Crippen LogP contribution in [-0.4, -0.2) is 23.9 Å². The molecule has 0 saturated carbocycles. The highest BCUT2D eigenvalue weighted by molar-refractivity contribution is 5.81. The van der Waals surface area contributed by atoms with Gasteiger partial charge in [0.25, 0.3) is 0 Å². The number of carbonyl (C=O) groups excluding carboxylic acids is 1. The number of hydrogen-bond donors (Lipinski definition) is 0. The third-order valence-corrected chi connectivity index (χ3v) is 2.53. The van der Waals surface area contributed by atoms with Crippen LogP contribution in [-0.2, 0) is 4.79 Å². The molecule has 2 nitrogen and oxygen atoms in total. The minimum absolute atomic E-state index is 0.222. The first-order valence-corrected chi connectivity index (χ1v) is 5.72. The van der Waals surface area contributed by atoms with Gasteiger partial charge < -0.3 is 4.90 Å². The van der Waals surface area contributed by atoms with Gasteiger partial charge in [-0.15, -0.1) is 0 Å². The summed E-state index contributed by atoms with van der Waals surface area (Å²) >= 11 is 0. The summed E-state index contributed by atoms with van der Waals surface area (Å²) in [7, 11) is 1.91. The minimum atomic E-state index is -0.277. The minimum Gasteiger partial charge on any atom is -0.343 e. The highest BCUT2D eigenvalue weighted by Crippen LogP contribution is 2.25. The first-order chi connectivity index (χ1) is 6.45. The molecular weight excluding hydrogens is 186 g/mol. The molecule has 0 saturated heterocycles. The van der Waals surface area contributed by atoms with E-state index in [1.54, 1.807) is 0 Å². The van der Waals surface area contributed by atoms with Gasteiger partial charge in [0.15, 0.2) is 0 Å². The molecule has 0 aromatic rings. The van der Waals surface area contributed by atoms with E-state index >= 15 is 0 Å². The Balaban J connectivity index is 4.46. The van der Waals surface area contributed by atoms with E-state index in [0.29, 0.717) is 6.04 Å². The quantitative estimate of drug-likeness (QED) is 0.689. The second-order valence-corrected chi connectivity index (χ2v) is 6.78. The summed E-state index contributed by atoms with van der Waals surface area (Å²) in [6, 6.07) is 0.303. The van der Waals surface area contributed by atoms with Crippen LogP contribution in [0.3, 0.4) is 0 Å². The van der Waals surface area contributed by atoms with Crippen LogP contribution in [0.2, 0.25) is 0 Å². The van der Waals surface area contributed by atoms with Gasteiger partial charge in [0, 0.05) is 18.5 Å². The summed E-state index contributed by atoms with van der Waals surface area (Å²) in [5.74, 6) is 0.222. The second-order valence-electron chi connectivity index (χ2n) is 6.78. The summed E-state index contributed by atoms with van der Waals surface area (Å²) in [5.41, 5.74) is -0.00721. The molecule has 0 spiro atoms. The van der Waals surface area contributed by atoms with Crippen molar-refractivity contribution in [2.24, 2.45) is 10.8 Å². The highest BCUT2D eigenvalue weighted by atomic mass is 16.2. The van der Waals surface area contributed by atoms with Crippen molar-refractivity contribution in [1.29, 1.82) is 0 Å². The van der Waals surface area contributed by atoms with Crippen LogP contribution < -0.4 is 0 Å². The van der Waals surface area contributed by atoms with Gasteiger partial charge in [0.05, 0.1) is 0 Å². The molecule has 0 fully saturated rings. The first kappa shape index (κ1) is 14.5. The van der Waals surface area contributed by atoms with Crippen LogP contribution in [0.4, 0.5) is 0 Å². The molecule has 0 aliphatic carbocycles. The van der Waals surface area contributed by atoms with Gasteiger partial charge >= 0.3 is 0 Å². The lowest BCUT2D eigenvalue weighted by Crippen LogP contribution is -2.43. The zero-order valence-electron chi connectivity index (χ0n) is 11.6. The molecule has 0 aliphatic rings. The van der Waals surface area contributed by atoms with E-state index in [1.807, 2.05) is 32.7 Å². The van der Waals surface area contributed by atoms with E-state index in [-0.39, 0.29) is 16.7 Å². The third kappa shape index (κ3) is 5.19. The lowest BCUT2D eigenvalue weighted by atomic mass is 9.87. The Bertz CT molecular complexity index is 220. The van der Waals surface area contributed by atoms with Crippen molar-refractivity contribution in [2.75, 3.05) is 7.05 Å². The number of hydrogen-bond acceptors (Lipinski definition) is 1. The molecule has 0 N–H and O–H groups in total. The number of amides is 1. The fraction of sp³-hybridized carbons (Fsp3) is 0.923. The van der Waals surface area contributed by atoms with Crippen molar-refractivity contribution in [3.8, 4) is 0 Å². The molecule has 1 atom stereocenters.